The van der Waals surface area contributed by atoms with Crippen LogP contribution in [0.25, 0.3) is 0 Å². The predicted octanol–water partition coefficient (Wildman–Crippen LogP) is 4.94. The standard InChI is InChI=1S/C26H28ClNO7S/c1-26(2,3)35-25(30)28-15-18-13-21(16-7-11-20(33-4)12-8-16)22(14-23(18)36(28,31)32)34-24(29)17-5-9-19(27)10-6-17/h5-13,21-23H,14-15H2,1-4H3/t21-,22+,23-/m0/s1. The van der Waals surface area contributed by atoms with Crippen LogP contribution in [0.15, 0.2) is 60.2 Å². The summed E-state index contributed by atoms with van der Waals surface area (Å²) in [5.41, 5.74) is 0.841. The molecule has 0 radical (unpaired) electrons. The minimum atomic E-state index is -4.05. The molecule has 0 N–H and O–H groups in total. The highest BCUT2D eigenvalue weighted by atomic mass is 35.5. The van der Waals surface area contributed by atoms with Crippen molar-refractivity contribution in [3.63, 3.8) is 0 Å². The number of nitrogens with zero attached hydrogens (tertiary/aromatic N) is 1. The molecule has 1 heterocycles. The van der Waals surface area contributed by atoms with Crippen molar-refractivity contribution in [2.24, 2.45) is 0 Å². The van der Waals surface area contributed by atoms with Crippen LogP contribution in [0, 0.1) is 0 Å². The lowest BCUT2D eigenvalue weighted by atomic mass is 9.82. The first kappa shape index (κ1) is 26.0. The second-order valence-electron chi connectivity index (χ2n) is 9.75. The van der Waals surface area contributed by atoms with Gasteiger partial charge in [0.05, 0.1) is 19.2 Å². The lowest BCUT2D eigenvalue weighted by Crippen LogP contribution is -2.40. The van der Waals surface area contributed by atoms with Gasteiger partial charge < -0.3 is 14.2 Å². The van der Waals surface area contributed by atoms with E-state index < -0.39 is 45.0 Å². The Bertz CT molecular complexity index is 1280. The third-order valence-electron chi connectivity index (χ3n) is 6.08. The van der Waals surface area contributed by atoms with Gasteiger partial charge in [-0.2, -0.15) is 4.31 Å². The molecular formula is C26H28ClNO7S. The molecule has 0 saturated carbocycles. The highest BCUT2D eigenvalue weighted by Gasteiger charge is 2.51. The van der Waals surface area contributed by atoms with E-state index in [0.29, 0.717) is 21.9 Å². The summed E-state index contributed by atoms with van der Waals surface area (Å²) in [5.74, 6) is -0.354. The molecule has 0 spiro atoms. The number of ether oxygens (including phenoxy) is 3. The summed E-state index contributed by atoms with van der Waals surface area (Å²) in [6.07, 6.45) is 0.0819. The number of carbonyl (C=O) groups excluding carboxylic acids is 2. The van der Waals surface area contributed by atoms with E-state index in [-0.39, 0.29) is 13.0 Å². The van der Waals surface area contributed by atoms with E-state index in [0.717, 1.165) is 9.87 Å². The summed E-state index contributed by atoms with van der Waals surface area (Å²) >= 11 is 5.93. The number of amides is 1. The van der Waals surface area contributed by atoms with E-state index in [2.05, 4.69) is 0 Å². The molecule has 8 nitrogen and oxygen atoms in total. The number of methoxy groups -OCH3 is 1. The fraction of sp³-hybridized carbons (Fsp3) is 0.385. The molecule has 2 aromatic carbocycles. The van der Waals surface area contributed by atoms with Crippen LogP contribution in [-0.2, 0) is 19.5 Å². The average Bonchev–Trinajstić information content (AvgIpc) is 3.08. The Labute approximate surface area is 215 Å². The number of esters is 1. The highest BCUT2D eigenvalue weighted by molar-refractivity contribution is 7.90. The van der Waals surface area contributed by atoms with Crippen molar-refractivity contribution < 1.29 is 32.2 Å². The van der Waals surface area contributed by atoms with Gasteiger partial charge >= 0.3 is 12.1 Å². The number of hydrogen-bond acceptors (Lipinski definition) is 7. The molecule has 4 rings (SSSR count). The van der Waals surface area contributed by atoms with Crippen LogP contribution < -0.4 is 4.74 Å². The maximum Gasteiger partial charge on any atom is 0.424 e. The third-order valence-corrected chi connectivity index (χ3v) is 8.44. The van der Waals surface area contributed by atoms with E-state index in [1.54, 1.807) is 70.4 Å². The molecule has 3 atom stereocenters. The Morgan fingerprint density at radius 1 is 1.03 bits per heavy atom. The zero-order valence-electron chi connectivity index (χ0n) is 20.4. The first-order valence-electron chi connectivity index (χ1n) is 11.4. The van der Waals surface area contributed by atoms with E-state index in [4.69, 9.17) is 25.8 Å². The van der Waals surface area contributed by atoms with Crippen LogP contribution in [-0.4, -0.2) is 55.4 Å². The average molecular weight is 534 g/mol. The van der Waals surface area contributed by atoms with E-state index in [1.807, 2.05) is 12.1 Å². The molecule has 1 aliphatic heterocycles. The second-order valence-corrected chi connectivity index (χ2v) is 12.2. The SMILES string of the molecule is COc1ccc([C@@H]2C=C3CN(C(=O)OC(C)(C)C)S(=O)(=O)[C@H]3C[C@H]2OC(=O)c2ccc(Cl)cc2)cc1. The summed E-state index contributed by atoms with van der Waals surface area (Å²) in [7, 11) is -2.49. The molecule has 1 amide bonds. The fourth-order valence-corrected chi connectivity index (χ4v) is 6.34. The number of sulfonamides is 1. The van der Waals surface area contributed by atoms with Crippen LogP contribution in [0.2, 0.25) is 5.02 Å². The van der Waals surface area contributed by atoms with Gasteiger partial charge in [0.1, 0.15) is 22.7 Å². The van der Waals surface area contributed by atoms with Crippen LogP contribution in [0.3, 0.4) is 0 Å². The Hall–Kier alpha value is -3.04. The monoisotopic (exact) mass is 533 g/mol. The lowest BCUT2D eigenvalue weighted by molar-refractivity contribution is 0.0237. The second kappa shape index (κ2) is 9.78. The summed E-state index contributed by atoms with van der Waals surface area (Å²) in [5, 5.41) is -0.519. The summed E-state index contributed by atoms with van der Waals surface area (Å²) in [4.78, 5) is 25.6. The molecule has 10 heteroatoms. The molecule has 192 valence electrons. The fourth-order valence-electron chi connectivity index (χ4n) is 4.36. The van der Waals surface area contributed by atoms with E-state index in [1.165, 1.54) is 0 Å². The molecule has 0 unspecified atom stereocenters. The number of hydrogen-bond donors (Lipinski definition) is 0. The Balaban J connectivity index is 1.68. The number of rotatable bonds is 4. The van der Waals surface area contributed by atoms with Crippen molar-refractivity contribution in [3.05, 3.63) is 76.3 Å². The molecule has 1 fully saturated rings. The number of fused-ring (bicyclic) bond motifs is 1. The van der Waals surface area contributed by atoms with Gasteiger partial charge in [0.15, 0.2) is 0 Å². The van der Waals surface area contributed by atoms with Gasteiger partial charge in [0.2, 0.25) is 10.0 Å². The number of carbonyl (C=O) groups is 2. The first-order chi connectivity index (χ1) is 16.9. The van der Waals surface area contributed by atoms with E-state index >= 15 is 0 Å². The largest absolute Gasteiger partial charge is 0.497 e. The van der Waals surface area contributed by atoms with Crippen LogP contribution in [0.1, 0.15) is 49.0 Å². The van der Waals surface area contributed by atoms with Crippen molar-refractivity contribution in [1.82, 2.24) is 4.31 Å². The quantitative estimate of drug-likeness (QED) is 0.405. The molecule has 2 aromatic rings. The minimum absolute atomic E-state index is 0.00346. The third kappa shape index (κ3) is 5.37. The normalized spacial score (nSPS) is 22.9. The van der Waals surface area contributed by atoms with Crippen molar-refractivity contribution in [2.75, 3.05) is 13.7 Å². The van der Waals surface area contributed by atoms with Crippen molar-refractivity contribution in [1.29, 1.82) is 0 Å². The minimum Gasteiger partial charge on any atom is -0.497 e. The maximum atomic E-state index is 13.3. The van der Waals surface area contributed by atoms with Gasteiger partial charge in [-0.1, -0.05) is 29.8 Å². The molecule has 2 aliphatic rings. The Morgan fingerprint density at radius 2 is 1.67 bits per heavy atom. The number of benzene rings is 2. The smallest absolute Gasteiger partial charge is 0.424 e. The van der Waals surface area contributed by atoms with Crippen molar-refractivity contribution in [2.45, 2.75) is 50.1 Å². The van der Waals surface area contributed by atoms with Crippen molar-refractivity contribution >= 4 is 33.7 Å². The molecular weight excluding hydrogens is 506 g/mol. The van der Waals surface area contributed by atoms with Gasteiger partial charge in [-0.15, -0.1) is 0 Å². The summed E-state index contributed by atoms with van der Waals surface area (Å²) in [6, 6.07) is 13.5. The molecule has 0 bridgehead atoms. The van der Waals surface area contributed by atoms with Gasteiger partial charge in [0, 0.05) is 17.4 Å². The number of halogens is 1. The highest BCUT2D eigenvalue weighted by Crippen LogP contribution is 2.42. The predicted molar refractivity (Wildman–Crippen MR) is 135 cm³/mol. The van der Waals surface area contributed by atoms with Gasteiger partial charge in [-0.25, -0.2) is 18.0 Å². The van der Waals surface area contributed by atoms with Gasteiger partial charge in [-0.05, 0) is 68.3 Å². The van der Waals surface area contributed by atoms with Gasteiger partial charge in [-0.3, -0.25) is 0 Å². The Morgan fingerprint density at radius 3 is 2.25 bits per heavy atom. The Kier molecular flexibility index (Phi) is 7.07. The molecule has 0 aromatic heterocycles. The van der Waals surface area contributed by atoms with Crippen LogP contribution >= 0.6 is 11.6 Å². The topological polar surface area (TPSA) is 99.2 Å². The summed E-state index contributed by atoms with van der Waals surface area (Å²) < 4.78 is 43.9. The van der Waals surface area contributed by atoms with Crippen molar-refractivity contribution in [3.8, 4) is 5.75 Å². The van der Waals surface area contributed by atoms with Gasteiger partial charge in [0.25, 0.3) is 0 Å². The zero-order chi connectivity index (χ0) is 26.3. The van der Waals surface area contributed by atoms with E-state index in [9.17, 15) is 18.0 Å². The molecule has 1 aliphatic carbocycles. The first-order valence-corrected chi connectivity index (χ1v) is 13.3. The lowest BCUT2D eigenvalue weighted by Gasteiger charge is -2.32. The van der Waals surface area contributed by atoms with Crippen LogP contribution in [0.4, 0.5) is 4.79 Å². The molecule has 36 heavy (non-hydrogen) atoms. The summed E-state index contributed by atoms with van der Waals surface area (Å²) in [6.45, 7) is 4.91. The zero-order valence-corrected chi connectivity index (χ0v) is 22.0. The molecule has 1 saturated heterocycles. The maximum absolute atomic E-state index is 13.3. The van der Waals surface area contributed by atoms with Crippen LogP contribution in [0.5, 0.6) is 5.75 Å².